The van der Waals surface area contributed by atoms with Crippen LogP contribution in [0.2, 0.25) is 0 Å². The molecule has 0 unspecified atom stereocenters. The molecular formula is C16H22BrNO4S. The highest BCUT2D eigenvalue weighted by atomic mass is 79.9. The number of carbonyl (C=O) groups excluding carboxylic acids is 1. The average molecular weight is 404 g/mol. The van der Waals surface area contributed by atoms with E-state index in [1.165, 1.54) is 0 Å². The van der Waals surface area contributed by atoms with Crippen molar-refractivity contribution < 1.29 is 17.9 Å². The normalized spacial score (nSPS) is 17.1. The van der Waals surface area contributed by atoms with Gasteiger partial charge < -0.3 is 9.64 Å². The molecule has 1 saturated heterocycles. The summed E-state index contributed by atoms with van der Waals surface area (Å²) in [5, 5.41) is -0.456. The largest absolute Gasteiger partial charge is 0.444 e. The number of benzene rings is 1. The second kappa shape index (κ2) is 6.81. The zero-order chi connectivity index (χ0) is 17.3. The van der Waals surface area contributed by atoms with Gasteiger partial charge in [0, 0.05) is 17.6 Å². The lowest BCUT2D eigenvalue weighted by atomic mass is 10.1. The molecule has 1 aromatic carbocycles. The summed E-state index contributed by atoms with van der Waals surface area (Å²) in [6, 6.07) is 6.67. The molecule has 0 spiro atoms. The zero-order valence-electron chi connectivity index (χ0n) is 13.6. The van der Waals surface area contributed by atoms with Crippen LogP contribution in [0, 0.1) is 0 Å². The summed E-state index contributed by atoms with van der Waals surface area (Å²) in [6.45, 7) is 6.24. The van der Waals surface area contributed by atoms with Crippen molar-refractivity contribution in [3.05, 3.63) is 28.7 Å². The minimum Gasteiger partial charge on any atom is -0.444 e. The molecule has 2 rings (SSSR count). The van der Waals surface area contributed by atoms with E-state index in [0.29, 0.717) is 30.8 Å². The third kappa shape index (κ3) is 4.70. The van der Waals surface area contributed by atoms with Gasteiger partial charge in [-0.25, -0.2) is 13.2 Å². The van der Waals surface area contributed by atoms with Crippen LogP contribution in [0.5, 0.6) is 0 Å². The molecule has 128 valence electrons. The van der Waals surface area contributed by atoms with Gasteiger partial charge >= 0.3 is 6.09 Å². The molecule has 0 saturated carbocycles. The Labute approximate surface area is 146 Å². The van der Waals surface area contributed by atoms with Crippen LogP contribution in [0.4, 0.5) is 4.79 Å². The van der Waals surface area contributed by atoms with Gasteiger partial charge in [0.1, 0.15) is 5.60 Å². The van der Waals surface area contributed by atoms with Crippen molar-refractivity contribution in [3.63, 3.8) is 0 Å². The molecule has 0 aromatic heterocycles. The molecule has 0 N–H and O–H groups in total. The summed E-state index contributed by atoms with van der Waals surface area (Å²) in [7, 11) is -3.36. The standard InChI is InChI=1S/C16H22BrNO4S/c1-16(2,3)22-15(19)18-10-8-14(9-11-18)23(20,21)13-6-4-12(17)5-7-13/h4-7,14H,8-11H2,1-3H3. The van der Waals surface area contributed by atoms with E-state index in [0.717, 1.165) is 4.47 Å². The van der Waals surface area contributed by atoms with Gasteiger partial charge in [0.15, 0.2) is 9.84 Å². The SMILES string of the molecule is CC(C)(C)OC(=O)N1CCC(S(=O)(=O)c2ccc(Br)cc2)CC1. The van der Waals surface area contributed by atoms with Crippen molar-refractivity contribution in [1.29, 1.82) is 0 Å². The Bertz CT molecular complexity index is 656. The van der Waals surface area contributed by atoms with Crippen LogP contribution in [-0.2, 0) is 14.6 Å². The number of nitrogens with zero attached hydrogens (tertiary/aromatic N) is 1. The number of sulfone groups is 1. The number of rotatable bonds is 2. The maximum Gasteiger partial charge on any atom is 0.410 e. The Balaban J connectivity index is 2.01. The van der Waals surface area contributed by atoms with Crippen LogP contribution in [0.25, 0.3) is 0 Å². The lowest BCUT2D eigenvalue weighted by Gasteiger charge is -2.33. The number of piperidine rings is 1. The van der Waals surface area contributed by atoms with E-state index in [2.05, 4.69) is 15.9 Å². The average Bonchev–Trinajstić information content (AvgIpc) is 2.46. The highest BCUT2D eigenvalue weighted by Gasteiger charge is 2.34. The maximum absolute atomic E-state index is 12.7. The molecule has 1 aromatic rings. The highest BCUT2D eigenvalue weighted by molar-refractivity contribution is 9.10. The zero-order valence-corrected chi connectivity index (χ0v) is 16.0. The quantitative estimate of drug-likeness (QED) is 0.755. The Morgan fingerprint density at radius 2 is 1.70 bits per heavy atom. The van der Waals surface area contributed by atoms with Crippen molar-refractivity contribution >= 4 is 31.9 Å². The summed E-state index contributed by atoms with van der Waals surface area (Å²) in [5.74, 6) is 0. The molecule has 0 aliphatic carbocycles. The fourth-order valence-corrected chi connectivity index (χ4v) is 4.49. The van der Waals surface area contributed by atoms with Gasteiger partial charge in [-0.15, -0.1) is 0 Å². The second-order valence-corrected chi connectivity index (χ2v) is 9.81. The first-order valence-electron chi connectivity index (χ1n) is 7.57. The minimum absolute atomic E-state index is 0.330. The number of carbonyl (C=O) groups is 1. The fraction of sp³-hybridized carbons (Fsp3) is 0.562. The molecule has 0 radical (unpaired) electrons. The molecule has 1 aliphatic rings. The van der Waals surface area contributed by atoms with Crippen molar-refractivity contribution in [2.45, 2.75) is 49.4 Å². The van der Waals surface area contributed by atoms with E-state index in [-0.39, 0.29) is 6.09 Å². The van der Waals surface area contributed by atoms with E-state index >= 15 is 0 Å². The van der Waals surface area contributed by atoms with Gasteiger partial charge in [-0.1, -0.05) is 15.9 Å². The first-order chi connectivity index (χ1) is 10.6. The van der Waals surface area contributed by atoms with Gasteiger partial charge in [0.05, 0.1) is 10.1 Å². The van der Waals surface area contributed by atoms with Crippen LogP contribution in [0.1, 0.15) is 33.6 Å². The predicted octanol–water partition coefficient (Wildman–Crippen LogP) is 3.62. The number of hydrogen-bond acceptors (Lipinski definition) is 4. The molecule has 1 amide bonds. The maximum atomic E-state index is 12.7. The highest BCUT2D eigenvalue weighted by Crippen LogP contribution is 2.26. The molecule has 1 fully saturated rings. The van der Waals surface area contributed by atoms with Crippen LogP contribution in [0.3, 0.4) is 0 Å². The molecule has 5 nitrogen and oxygen atoms in total. The van der Waals surface area contributed by atoms with Crippen LogP contribution in [0.15, 0.2) is 33.6 Å². The van der Waals surface area contributed by atoms with Crippen molar-refractivity contribution in [3.8, 4) is 0 Å². The van der Waals surface area contributed by atoms with Crippen molar-refractivity contribution in [2.75, 3.05) is 13.1 Å². The third-order valence-corrected chi connectivity index (χ3v) is 6.48. The number of hydrogen-bond donors (Lipinski definition) is 0. The summed E-state index contributed by atoms with van der Waals surface area (Å²) < 4.78 is 31.5. The summed E-state index contributed by atoms with van der Waals surface area (Å²) in [5.41, 5.74) is -0.544. The Kier molecular flexibility index (Phi) is 5.41. The predicted molar refractivity (Wildman–Crippen MR) is 92.2 cm³/mol. The van der Waals surface area contributed by atoms with Crippen molar-refractivity contribution in [2.24, 2.45) is 0 Å². The molecule has 7 heteroatoms. The molecule has 23 heavy (non-hydrogen) atoms. The van der Waals surface area contributed by atoms with Gasteiger partial charge in [0.25, 0.3) is 0 Å². The number of halogens is 1. The smallest absolute Gasteiger partial charge is 0.410 e. The summed E-state index contributed by atoms with van der Waals surface area (Å²) in [4.78, 5) is 13.9. The van der Waals surface area contributed by atoms with E-state index in [4.69, 9.17) is 4.74 Å². The Morgan fingerprint density at radius 3 is 2.17 bits per heavy atom. The van der Waals surface area contributed by atoms with Crippen LogP contribution < -0.4 is 0 Å². The topological polar surface area (TPSA) is 63.7 Å². The fourth-order valence-electron chi connectivity index (χ4n) is 2.49. The third-order valence-electron chi connectivity index (χ3n) is 3.67. The van der Waals surface area contributed by atoms with Gasteiger partial charge in [0.2, 0.25) is 0 Å². The number of amides is 1. The Morgan fingerprint density at radius 1 is 1.17 bits per heavy atom. The Hall–Kier alpha value is -1.08. The lowest BCUT2D eigenvalue weighted by Crippen LogP contribution is -2.44. The first kappa shape index (κ1) is 18.3. The van der Waals surface area contributed by atoms with E-state index < -0.39 is 20.7 Å². The van der Waals surface area contributed by atoms with Gasteiger partial charge in [-0.2, -0.15) is 0 Å². The van der Waals surface area contributed by atoms with E-state index in [1.807, 2.05) is 20.8 Å². The molecular weight excluding hydrogens is 382 g/mol. The monoisotopic (exact) mass is 403 g/mol. The molecule has 1 heterocycles. The summed E-state index contributed by atoms with van der Waals surface area (Å²) >= 11 is 3.30. The van der Waals surface area contributed by atoms with E-state index in [1.54, 1.807) is 29.2 Å². The summed E-state index contributed by atoms with van der Waals surface area (Å²) in [6.07, 6.45) is 0.479. The minimum atomic E-state index is -3.36. The molecule has 0 bridgehead atoms. The first-order valence-corrected chi connectivity index (χ1v) is 9.91. The molecule has 0 atom stereocenters. The van der Waals surface area contributed by atoms with E-state index in [9.17, 15) is 13.2 Å². The number of ether oxygens (including phenoxy) is 1. The lowest BCUT2D eigenvalue weighted by molar-refractivity contribution is 0.0217. The van der Waals surface area contributed by atoms with Gasteiger partial charge in [-0.05, 0) is 57.9 Å². The van der Waals surface area contributed by atoms with Crippen molar-refractivity contribution in [1.82, 2.24) is 4.90 Å². The van der Waals surface area contributed by atoms with Crippen LogP contribution in [-0.4, -0.2) is 43.4 Å². The number of likely N-dealkylation sites (tertiary alicyclic amines) is 1. The van der Waals surface area contributed by atoms with Crippen LogP contribution >= 0.6 is 15.9 Å². The van der Waals surface area contributed by atoms with Gasteiger partial charge in [-0.3, -0.25) is 0 Å². The second-order valence-electron chi connectivity index (χ2n) is 6.67. The molecule has 1 aliphatic heterocycles.